The highest BCUT2D eigenvalue weighted by atomic mass is 32.2. The zero-order chi connectivity index (χ0) is 23.6. The lowest BCUT2D eigenvalue weighted by Gasteiger charge is -2.10. The lowest BCUT2D eigenvalue weighted by atomic mass is 10.2. The third kappa shape index (κ3) is 5.49. The second kappa shape index (κ2) is 9.20. The number of nitrogens with zero attached hydrogens (tertiary/aromatic N) is 1. The lowest BCUT2D eigenvalue weighted by molar-refractivity contribution is 0.102. The molecule has 1 amide bonds. The normalized spacial score (nSPS) is 11.6. The average Bonchev–Trinajstić information content (AvgIpc) is 3.14. The van der Waals surface area contributed by atoms with Gasteiger partial charge in [-0.25, -0.2) is 13.4 Å². The predicted octanol–water partition coefficient (Wildman–Crippen LogP) is 5.50. The summed E-state index contributed by atoms with van der Waals surface area (Å²) in [5.74, 6) is -2.57. The molecule has 4 rings (SSSR count). The number of oxazole rings is 1. The van der Waals surface area contributed by atoms with Crippen LogP contribution in [0, 0.1) is 6.92 Å². The van der Waals surface area contributed by atoms with E-state index in [1.54, 1.807) is 25.1 Å². The van der Waals surface area contributed by atoms with E-state index in [1.807, 2.05) is 0 Å². The highest BCUT2D eigenvalue weighted by Crippen LogP contribution is 2.27. The molecule has 170 valence electrons. The van der Waals surface area contributed by atoms with Gasteiger partial charge in [0.05, 0.1) is 4.90 Å². The van der Waals surface area contributed by atoms with E-state index >= 15 is 0 Å². The summed E-state index contributed by atoms with van der Waals surface area (Å²) in [7, 11) is -4.01. The molecule has 11 heteroatoms. The molecule has 0 radical (unpaired) electrons. The molecule has 0 saturated heterocycles. The largest absolute Gasteiger partial charge is 0.441 e. The van der Waals surface area contributed by atoms with Crippen molar-refractivity contribution in [1.82, 2.24) is 4.98 Å². The number of benzene rings is 3. The number of hydrogen-bond donors (Lipinski definition) is 2. The fourth-order valence-electron chi connectivity index (χ4n) is 3.05. The number of alkyl halides is 2. The minimum atomic E-state index is -4.01. The zero-order valence-electron chi connectivity index (χ0n) is 17.1. The molecule has 1 aromatic heterocycles. The van der Waals surface area contributed by atoms with Gasteiger partial charge in [0.1, 0.15) is 5.52 Å². The molecule has 0 fully saturated rings. The Bertz CT molecular complexity index is 1420. The van der Waals surface area contributed by atoms with Gasteiger partial charge in [0.15, 0.2) is 11.5 Å². The van der Waals surface area contributed by atoms with E-state index < -0.39 is 21.7 Å². The van der Waals surface area contributed by atoms with Crippen LogP contribution in [0.3, 0.4) is 0 Å². The van der Waals surface area contributed by atoms with Gasteiger partial charge in [-0.3, -0.25) is 9.52 Å². The Morgan fingerprint density at radius 1 is 1.03 bits per heavy atom. The first kappa shape index (κ1) is 22.7. The van der Waals surface area contributed by atoms with Crippen LogP contribution in [0.2, 0.25) is 0 Å². The SMILES string of the molecule is Cc1nc2cc(NC(=O)c3cccc(S(=O)(=O)Nc4ccc(SC(F)F)cc4)c3)ccc2o1. The van der Waals surface area contributed by atoms with Crippen LogP contribution in [0.4, 0.5) is 20.2 Å². The molecule has 0 aliphatic rings. The first-order chi connectivity index (χ1) is 15.7. The number of thioether (sulfide) groups is 1. The zero-order valence-corrected chi connectivity index (χ0v) is 18.7. The van der Waals surface area contributed by atoms with E-state index in [4.69, 9.17) is 4.42 Å². The third-order valence-corrected chi connectivity index (χ3v) is 6.59. The Hall–Kier alpha value is -3.44. The van der Waals surface area contributed by atoms with Crippen molar-refractivity contribution in [2.24, 2.45) is 0 Å². The van der Waals surface area contributed by atoms with E-state index in [9.17, 15) is 22.0 Å². The monoisotopic (exact) mass is 489 g/mol. The topological polar surface area (TPSA) is 101 Å². The minimum Gasteiger partial charge on any atom is -0.441 e. The van der Waals surface area contributed by atoms with Crippen LogP contribution < -0.4 is 10.0 Å². The number of fused-ring (bicyclic) bond motifs is 1. The first-order valence-corrected chi connectivity index (χ1v) is 11.9. The molecule has 7 nitrogen and oxygen atoms in total. The van der Waals surface area contributed by atoms with Crippen LogP contribution >= 0.6 is 11.8 Å². The highest BCUT2D eigenvalue weighted by molar-refractivity contribution is 7.99. The smallest absolute Gasteiger partial charge is 0.288 e. The fourth-order valence-corrected chi connectivity index (χ4v) is 4.65. The fraction of sp³-hybridized carbons (Fsp3) is 0.0909. The van der Waals surface area contributed by atoms with Crippen molar-refractivity contribution < 1.29 is 26.4 Å². The van der Waals surface area contributed by atoms with Crippen molar-refractivity contribution in [2.45, 2.75) is 22.5 Å². The number of nitrogens with one attached hydrogen (secondary N) is 2. The van der Waals surface area contributed by atoms with E-state index in [2.05, 4.69) is 15.0 Å². The van der Waals surface area contributed by atoms with Gasteiger partial charge < -0.3 is 9.73 Å². The predicted molar refractivity (Wildman–Crippen MR) is 122 cm³/mol. The van der Waals surface area contributed by atoms with Crippen molar-refractivity contribution >= 4 is 50.2 Å². The Labute approximate surface area is 192 Å². The molecule has 0 aliphatic carbocycles. The van der Waals surface area contributed by atoms with Crippen molar-refractivity contribution in [1.29, 1.82) is 0 Å². The number of carbonyl (C=O) groups is 1. The third-order valence-electron chi connectivity index (χ3n) is 4.49. The first-order valence-electron chi connectivity index (χ1n) is 9.56. The lowest BCUT2D eigenvalue weighted by Crippen LogP contribution is -2.16. The average molecular weight is 490 g/mol. The van der Waals surface area contributed by atoms with Gasteiger partial charge in [0.2, 0.25) is 0 Å². The maximum absolute atomic E-state index is 12.8. The molecule has 0 saturated carbocycles. The molecule has 0 bridgehead atoms. The van der Waals surface area contributed by atoms with Gasteiger partial charge in [-0.2, -0.15) is 8.78 Å². The second-order valence-electron chi connectivity index (χ2n) is 6.91. The summed E-state index contributed by atoms with van der Waals surface area (Å²) < 4.78 is 58.2. The van der Waals surface area contributed by atoms with Gasteiger partial charge in [-0.05, 0) is 60.7 Å². The summed E-state index contributed by atoms with van der Waals surface area (Å²) >= 11 is 0.365. The minimum absolute atomic E-state index is 0.122. The number of aryl methyl sites for hydroxylation is 1. The van der Waals surface area contributed by atoms with E-state index in [0.29, 0.717) is 39.3 Å². The molecule has 0 unspecified atom stereocenters. The number of hydrogen-bond acceptors (Lipinski definition) is 6. The van der Waals surface area contributed by atoms with Gasteiger partial charge in [0.25, 0.3) is 21.7 Å². The van der Waals surface area contributed by atoms with Crippen molar-refractivity contribution in [3.63, 3.8) is 0 Å². The Morgan fingerprint density at radius 3 is 2.48 bits per heavy atom. The quantitative estimate of drug-likeness (QED) is 0.332. The van der Waals surface area contributed by atoms with Crippen LogP contribution in [-0.2, 0) is 10.0 Å². The van der Waals surface area contributed by atoms with Crippen LogP contribution in [0.15, 0.2) is 80.9 Å². The Balaban J connectivity index is 1.50. The number of sulfonamides is 1. The number of amides is 1. The van der Waals surface area contributed by atoms with Gasteiger partial charge in [0, 0.05) is 28.8 Å². The highest BCUT2D eigenvalue weighted by Gasteiger charge is 2.17. The number of rotatable bonds is 7. The molecule has 0 spiro atoms. The summed E-state index contributed by atoms with van der Waals surface area (Å²) in [6.07, 6.45) is 0. The molecular weight excluding hydrogens is 472 g/mol. The second-order valence-corrected chi connectivity index (χ2v) is 9.65. The van der Waals surface area contributed by atoms with Crippen molar-refractivity contribution in [3.05, 3.63) is 78.2 Å². The van der Waals surface area contributed by atoms with Crippen LogP contribution in [0.5, 0.6) is 0 Å². The number of anilines is 2. The van der Waals surface area contributed by atoms with E-state index in [-0.39, 0.29) is 16.1 Å². The number of aromatic nitrogens is 1. The Morgan fingerprint density at radius 2 is 1.76 bits per heavy atom. The van der Waals surface area contributed by atoms with Crippen LogP contribution in [-0.4, -0.2) is 25.1 Å². The summed E-state index contributed by atoms with van der Waals surface area (Å²) in [5.41, 5.74) is 2.00. The molecule has 33 heavy (non-hydrogen) atoms. The van der Waals surface area contributed by atoms with Crippen LogP contribution in [0.1, 0.15) is 16.2 Å². The molecular formula is C22H17F2N3O4S2. The van der Waals surface area contributed by atoms with E-state index in [1.165, 1.54) is 48.5 Å². The standard InChI is InChI=1S/C22H17F2N3O4S2/c1-13-25-19-12-16(7-10-20(19)31-13)26-21(28)14-3-2-4-18(11-14)33(29,30)27-15-5-8-17(9-6-15)32-22(23)24/h2-12,22,27H,1H3,(H,26,28). The Kier molecular flexibility index (Phi) is 6.34. The summed E-state index contributed by atoms with van der Waals surface area (Å²) in [5, 5.41) is 2.71. The van der Waals surface area contributed by atoms with Crippen LogP contribution in [0.25, 0.3) is 11.1 Å². The summed E-state index contributed by atoms with van der Waals surface area (Å²) in [4.78, 5) is 17.1. The molecule has 3 aromatic carbocycles. The molecule has 2 N–H and O–H groups in total. The molecule has 0 aliphatic heterocycles. The maximum Gasteiger partial charge on any atom is 0.288 e. The number of carbonyl (C=O) groups excluding carboxylic acids is 1. The van der Waals surface area contributed by atoms with Gasteiger partial charge >= 0.3 is 0 Å². The number of halogens is 2. The molecule has 4 aromatic rings. The van der Waals surface area contributed by atoms with Gasteiger partial charge in [-0.1, -0.05) is 17.8 Å². The summed E-state index contributed by atoms with van der Waals surface area (Å²) in [6.45, 7) is 1.72. The van der Waals surface area contributed by atoms with Gasteiger partial charge in [-0.15, -0.1) is 0 Å². The molecule has 0 atom stereocenters. The van der Waals surface area contributed by atoms with Crippen molar-refractivity contribution in [2.75, 3.05) is 10.0 Å². The van der Waals surface area contributed by atoms with Crippen molar-refractivity contribution in [3.8, 4) is 0 Å². The maximum atomic E-state index is 12.8. The van der Waals surface area contributed by atoms with E-state index in [0.717, 1.165) is 0 Å². The molecule has 1 heterocycles. The summed E-state index contributed by atoms with van der Waals surface area (Å²) in [6, 6.07) is 16.1.